The summed E-state index contributed by atoms with van der Waals surface area (Å²) in [6.45, 7) is 3.18. The summed E-state index contributed by atoms with van der Waals surface area (Å²) in [5.74, 6) is 0.708. The van der Waals surface area contributed by atoms with E-state index < -0.39 is 0 Å². The molecule has 0 spiro atoms. The first-order chi connectivity index (χ1) is 11.2. The Bertz CT molecular complexity index is 644. The standard InChI is InChI=1S/C18H22N2O3/c1-2-23-17-8-4-5-14(10-17)11-20-18(22)12-19-16-7-3-6-15(9-16)13-21/h3-10,19,21H,2,11-13H2,1H3,(H,20,22). The zero-order chi connectivity index (χ0) is 16.5. The molecule has 0 unspecified atom stereocenters. The molecule has 0 saturated carbocycles. The molecule has 0 fully saturated rings. The number of hydrogen-bond acceptors (Lipinski definition) is 4. The van der Waals surface area contributed by atoms with Crippen molar-refractivity contribution in [3.05, 3.63) is 59.7 Å². The van der Waals surface area contributed by atoms with Crippen molar-refractivity contribution in [2.45, 2.75) is 20.1 Å². The molecule has 2 aromatic carbocycles. The summed E-state index contributed by atoms with van der Waals surface area (Å²) in [5, 5.41) is 15.0. The van der Waals surface area contributed by atoms with Gasteiger partial charge in [-0.1, -0.05) is 24.3 Å². The average molecular weight is 314 g/mol. The number of anilines is 1. The number of benzene rings is 2. The van der Waals surface area contributed by atoms with Crippen LogP contribution in [0.5, 0.6) is 5.75 Å². The Hall–Kier alpha value is -2.53. The maximum Gasteiger partial charge on any atom is 0.239 e. The number of rotatable bonds is 8. The van der Waals surface area contributed by atoms with Gasteiger partial charge in [0.25, 0.3) is 0 Å². The highest BCUT2D eigenvalue weighted by molar-refractivity contribution is 5.80. The summed E-state index contributed by atoms with van der Waals surface area (Å²) in [6.07, 6.45) is 0. The second-order valence-corrected chi connectivity index (χ2v) is 5.07. The van der Waals surface area contributed by atoms with Crippen LogP contribution in [0.3, 0.4) is 0 Å². The van der Waals surface area contributed by atoms with Gasteiger partial charge < -0.3 is 20.5 Å². The zero-order valence-corrected chi connectivity index (χ0v) is 13.2. The number of hydrogen-bond donors (Lipinski definition) is 3. The van der Waals surface area contributed by atoms with Crippen molar-refractivity contribution in [2.24, 2.45) is 0 Å². The molecule has 0 atom stereocenters. The summed E-state index contributed by atoms with van der Waals surface area (Å²) >= 11 is 0. The van der Waals surface area contributed by atoms with Crippen LogP contribution in [0.4, 0.5) is 5.69 Å². The zero-order valence-electron chi connectivity index (χ0n) is 13.2. The van der Waals surface area contributed by atoms with Crippen molar-refractivity contribution >= 4 is 11.6 Å². The first kappa shape index (κ1) is 16.8. The molecule has 2 aromatic rings. The largest absolute Gasteiger partial charge is 0.494 e. The van der Waals surface area contributed by atoms with E-state index in [0.29, 0.717) is 13.2 Å². The Balaban J connectivity index is 1.79. The Labute approximate surface area is 136 Å². The molecule has 0 aliphatic rings. The highest BCUT2D eigenvalue weighted by Gasteiger charge is 2.03. The van der Waals surface area contributed by atoms with Crippen LogP contribution in [-0.4, -0.2) is 24.2 Å². The minimum atomic E-state index is -0.0961. The van der Waals surface area contributed by atoms with Crippen LogP contribution in [-0.2, 0) is 17.9 Å². The van der Waals surface area contributed by atoms with E-state index in [2.05, 4.69) is 10.6 Å². The molecule has 0 aromatic heterocycles. The van der Waals surface area contributed by atoms with E-state index in [4.69, 9.17) is 9.84 Å². The van der Waals surface area contributed by atoms with Crippen molar-refractivity contribution in [3.63, 3.8) is 0 Å². The number of aliphatic hydroxyl groups is 1. The summed E-state index contributed by atoms with van der Waals surface area (Å²) in [6, 6.07) is 15.0. The van der Waals surface area contributed by atoms with Gasteiger partial charge in [-0.3, -0.25) is 4.79 Å². The fourth-order valence-electron chi connectivity index (χ4n) is 2.14. The Morgan fingerprint density at radius 3 is 2.70 bits per heavy atom. The maximum atomic E-state index is 11.9. The minimum absolute atomic E-state index is 0.0160. The smallest absolute Gasteiger partial charge is 0.239 e. The van der Waals surface area contributed by atoms with Crippen LogP contribution in [0.2, 0.25) is 0 Å². The molecule has 2 rings (SSSR count). The lowest BCUT2D eigenvalue weighted by atomic mass is 10.2. The molecule has 0 aliphatic carbocycles. The van der Waals surface area contributed by atoms with Gasteiger partial charge in [-0.05, 0) is 42.3 Å². The van der Waals surface area contributed by atoms with E-state index in [9.17, 15) is 4.79 Å². The Kier molecular flexibility index (Phi) is 6.44. The molecule has 5 heteroatoms. The SMILES string of the molecule is CCOc1cccc(CNC(=O)CNc2cccc(CO)c2)c1. The topological polar surface area (TPSA) is 70.6 Å². The van der Waals surface area contributed by atoms with Crippen LogP contribution in [0, 0.1) is 0 Å². The second kappa shape index (κ2) is 8.80. The Morgan fingerprint density at radius 1 is 1.13 bits per heavy atom. The third-order valence-electron chi connectivity index (χ3n) is 3.26. The average Bonchev–Trinajstić information content (AvgIpc) is 2.59. The fourth-order valence-corrected chi connectivity index (χ4v) is 2.14. The van der Waals surface area contributed by atoms with Crippen LogP contribution in [0.15, 0.2) is 48.5 Å². The van der Waals surface area contributed by atoms with Gasteiger partial charge in [0.05, 0.1) is 19.8 Å². The van der Waals surface area contributed by atoms with E-state index in [1.165, 1.54) is 0 Å². The van der Waals surface area contributed by atoms with Crippen molar-refractivity contribution in [2.75, 3.05) is 18.5 Å². The number of amides is 1. The number of carbonyl (C=O) groups is 1. The van der Waals surface area contributed by atoms with Crippen molar-refractivity contribution in [1.82, 2.24) is 5.32 Å². The molecule has 5 nitrogen and oxygen atoms in total. The quantitative estimate of drug-likeness (QED) is 0.699. The molecular formula is C18H22N2O3. The fraction of sp³-hybridized carbons (Fsp3) is 0.278. The molecular weight excluding hydrogens is 292 g/mol. The lowest BCUT2D eigenvalue weighted by Crippen LogP contribution is -2.29. The molecule has 0 saturated heterocycles. The van der Waals surface area contributed by atoms with Gasteiger partial charge in [0, 0.05) is 12.2 Å². The van der Waals surface area contributed by atoms with E-state index in [0.717, 1.165) is 22.6 Å². The summed E-state index contributed by atoms with van der Waals surface area (Å²) in [5.41, 5.74) is 2.61. The molecule has 1 amide bonds. The monoisotopic (exact) mass is 314 g/mol. The predicted octanol–water partition coefficient (Wildman–Crippen LogP) is 2.31. The van der Waals surface area contributed by atoms with E-state index >= 15 is 0 Å². The molecule has 0 bridgehead atoms. The van der Waals surface area contributed by atoms with Crippen LogP contribution in [0.1, 0.15) is 18.1 Å². The van der Waals surface area contributed by atoms with E-state index in [-0.39, 0.29) is 19.1 Å². The van der Waals surface area contributed by atoms with Gasteiger partial charge in [-0.2, -0.15) is 0 Å². The van der Waals surface area contributed by atoms with Crippen LogP contribution >= 0.6 is 0 Å². The maximum absolute atomic E-state index is 11.9. The highest BCUT2D eigenvalue weighted by atomic mass is 16.5. The molecule has 122 valence electrons. The first-order valence-electron chi connectivity index (χ1n) is 7.63. The normalized spacial score (nSPS) is 10.2. The molecule has 0 radical (unpaired) electrons. The Morgan fingerprint density at radius 2 is 1.91 bits per heavy atom. The lowest BCUT2D eigenvalue weighted by Gasteiger charge is -2.10. The molecule has 3 N–H and O–H groups in total. The van der Waals surface area contributed by atoms with Gasteiger partial charge in [0.1, 0.15) is 5.75 Å². The third kappa shape index (κ3) is 5.64. The minimum Gasteiger partial charge on any atom is -0.494 e. The second-order valence-electron chi connectivity index (χ2n) is 5.07. The number of aliphatic hydroxyl groups excluding tert-OH is 1. The van der Waals surface area contributed by atoms with Gasteiger partial charge in [-0.15, -0.1) is 0 Å². The number of ether oxygens (including phenoxy) is 1. The lowest BCUT2D eigenvalue weighted by molar-refractivity contribution is -0.119. The van der Waals surface area contributed by atoms with E-state index in [1.54, 1.807) is 0 Å². The van der Waals surface area contributed by atoms with Crippen molar-refractivity contribution in [1.29, 1.82) is 0 Å². The van der Waals surface area contributed by atoms with Gasteiger partial charge in [-0.25, -0.2) is 0 Å². The van der Waals surface area contributed by atoms with Gasteiger partial charge in [0.2, 0.25) is 5.91 Å². The van der Waals surface area contributed by atoms with Crippen molar-refractivity contribution < 1.29 is 14.6 Å². The summed E-state index contributed by atoms with van der Waals surface area (Å²) in [7, 11) is 0. The third-order valence-corrected chi connectivity index (χ3v) is 3.26. The summed E-state index contributed by atoms with van der Waals surface area (Å²) < 4.78 is 5.43. The van der Waals surface area contributed by atoms with Crippen LogP contribution in [0.25, 0.3) is 0 Å². The summed E-state index contributed by atoms with van der Waals surface area (Å²) in [4.78, 5) is 11.9. The van der Waals surface area contributed by atoms with E-state index in [1.807, 2.05) is 55.5 Å². The first-order valence-corrected chi connectivity index (χ1v) is 7.63. The molecule has 0 heterocycles. The highest BCUT2D eigenvalue weighted by Crippen LogP contribution is 2.13. The number of nitrogens with one attached hydrogen (secondary N) is 2. The van der Waals surface area contributed by atoms with Crippen LogP contribution < -0.4 is 15.4 Å². The molecule has 23 heavy (non-hydrogen) atoms. The van der Waals surface area contributed by atoms with Crippen molar-refractivity contribution in [3.8, 4) is 5.75 Å². The number of carbonyl (C=O) groups excluding carboxylic acids is 1. The van der Waals surface area contributed by atoms with Gasteiger partial charge >= 0.3 is 0 Å². The van der Waals surface area contributed by atoms with Gasteiger partial charge in [0.15, 0.2) is 0 Å². The predicted molar refractivity (Wildman–Crippen MR) is 90.3 cm³/mol. The molecule has 0 aliphatic heterocycles.